The first-order valence-electron chi connectivity index (χ1n) is 7.51. The van der Waals surface area contributed by atoms with E-state index in [2.05, 4.69) is 35.1 Å². The number of hydrogen-bond donors (Lipinski definition) is 2. The molecule has 0 unspecified atom stereocenters. The van der Waals surface area contributed by atoms with E-state index < -0.39 is 0 Å². The minimum absolute atomic E-state index is 0.585. The van der Waals surface area contributed by atoms with Gasteiger partial charge in [0.05, 0.1) is 11.0 Å². The molecular formula is C16H25N3. The molecule has 0 saturated heterocycles. The Morgan fingerprint density at radius 3 is 2.68 bits per heavy atom. The summed E-state index contributed by atoms with van der Waals surface area (Å²) in [5, 5.41) is 0. The van der Waals surface area contributed by atoms with Crippen molar-refractivity contribution >= 4 is 11.0 Å². The van der Waals surface area contributed by atoms with Crippen LogP contribution in [0.4, 0.5) is 0 Å². The van der Waals surface area contributed by atoms with E-state index in [4.69, 9.17) is 5.73 Å². The van der Waals surface area contributed by atoms with Crippen molar-refractivity contribution in [1.82, 2.24) is 9.97 Å². The number of aryl methyl sites for hydroxylation is 1. The van der Waals surface area contributed by atoms with Crippen LogP contribution in [0.15, 0.2) is 18.2 Å². The molecule has 104 valence electrons. The molecule has 3 heteroatoms. The summed E-state index contributed by atoms with van der Waals surface area (Å²) >= 11 is 0. The van der Waals surface area contributed by atoms with Gasteiger partial charge in [-0.05, 0) is 24.1 Å². The van der Waals surface area contributed by atoms with Gasteiger partial charge < -0.3 is 10.7 Å². The second-order valence-corrected chi connectivity index (χ2v) is 5.26. The molecule has 1 heterocycles. The first kappa shape index (κ1) is 14.1. The molecule has 0 radical (unpaired) electrons. The topological polar surface area (TPSA) is 54.7 Å². The van der Waals surface area contributed by atoms with Gasteiger partial charge in [0.15, 0.2) is 0 Å². The van der Waals surface area contributed by atoms with E-state index in [0.29, 0.717) is 6.54 Å². The molecule has 2 aromatic rings. The fourth-order valence-corrected chi connectivity index (χ4v) is 2.43. The van der Waals surface area contributed by atoms with Crippen molar-refractivity contribution in [1.29, 1.82) is 0 Å². The maximum atomic E-state index is 5.65. The lowest BCUT2D eigenvalue weighted by Crippen LogP contribution is -1.95. The van der Waals surface area contributed by atoms with Crippen LogP contribution in [0.25, 0.3) is 11.0 Å². The van der Waals surface area contributed by atoms with E-state index in [1.807, 2.05) is 0 Å². The molecule has 0 aliphatic heterocycles. The SMILES string of the molecule is CCCCCCCCc1nc2ccc(CN)cc2[nH]1. The molecule has 0 aliphatic rings. The molecule has 2 rings (SSSR count). The van der Waals surface area contributed by atoms with Gasteiger partial charge in [-0.3, -0.25) is 0 Å². The Bertz CT molecular complexity index is 502. The number of hydrogen-bond acceptors (Lipinski definition) is 2. The first-order valence-corrected chi connectivity index (χ1v) is 7.51. The number of nitrogens with two attached hydrogens (primary N) is 1. The zero-order chi connectivity index (χ0) is 13.5. The Kier molecular flexibility index (Phi) is 5.40. The summed E-state index contributed by atoms with van der Waals surface area (Å²) in [7, 11) is 0. The summed E-state index contributed by atoms with van der Waals surface area (Å²) in [4.78, 5) is 8.03. The number of benzene rings is 1. The molecule has 1 aromatic carbocycles. The Labute approximate surface area is 115 Å². The Hall–Kier alpha value is -1.35. The van der Waals surface area contributed by atoms with Crippen LogP contribution >= 0.6 is 0 Å². The van der Waals surface area contributed by atoms with Gasteiger partial charge in [0.25, 0.3) is 0 Å². The number of H-pyrrole nitrogens is 1. The van der Waals surface area contributed by atoms with Gasteiger partial charge in [0.1, 0.15) is 5.82 Å². The van der Waals surface area contributed by atoms with Crippen LogP contribution in [0, 0.1) is 0 Å². The van der Waals surface area contributed by atoms with Crippen molar-refractivity contribution in [3.05, 3.63) is 29.6 Å². The summed E-state index contributed by atoms with van der Waals surface area (Å²) < 4.78 is 0. The van der Waals surface area contributed by atoms with E-state index in [1.165, 1.54) is 38.5 Å². The van der Waals surface area contributed by atoms with Gasteiger partial charge in [-0.15, -0.1) is 0 Å². The van der Waals surface area contributed by atoms with E-state index >= 15 is 0 Å². The van der Waals surface area contributed by atoms with Crippen LogP contribution in [0.2, 0.25) is 0 Å². The molecule has 0 spiro atoms. The third kappa shape index (κ3) is 4.06. The van der Waals surface area contributed by atoms with Crippen LogP contribution in [0.5, 0.6) is 0 Å². The fraction of sp³-hybridized carbons (Fsp3) is 0.562. The zero-order valence-electron chi connectivity index (χ0n) is 11.9. The highest BCUT2D eigenvalue weighted by Gasteiger charge is 2.03. The summed E-state index contributed by atoms with van der Waals surface area (Å²) in [6, 6.07) is 6.21. The van der Waals surface area contributed by atoms with Crippen molar-refractivity contribution < 1.29 is 0 Å². The number of unbranched alkanes of at least 4 members (excludes halogenated alkanes) is 5. The number of nitrogens with one attached hydrogen (secondary N) is 1. The molecule has 3 N–H and O–H groups in total. The Balaban J connectivity index is 1.84. The van der Waals surface area contributed by atoms with Crippen molar-refractivity contribution in [2.24, 2.45) is 5.73 Å². The second-order valence-electron chi connectivity index (χ2n) is 5.26. The number of fused-ring (bicyclic) bond motifs is 1. The highest BCUT2D eigenvalue weighted by Crippen LogP contribution is 2.15. The lowest BCUT2D eigenvalue weighted by atomic mass is 10.1. The summed E-state index contributed by atoms with van der Waals surface area (Å²) in [5.74, 6) is 1.11. The minimum Gasteiger partial charge on any atom is -0.342 e. The molecule has 0 aliphatic carbocycles. The fourth-order valence-electron chi connectivity index (χ4n) is 2.43. The average molecular weight is 259 g/mol. The van der Waals surface area contributed by atoms with Crippen molar-refractivity contribution in [3.63, 3.8) is 0 Å². The Morgan fingerprint density at radius 2 is 1.89 bits per heavy atom. The normalized spacial score (nSPS) is 11.3. The van der Waals surface area contributed by atoms with Gasteiger partial charge in [0.2, 0.25) is 0 Å². The maximum absolute atomic E-state index is 5.65. The number of imidazole rings is 1. The molecule has 19 heavy (non-hydrogen) atoms. The molecule has 0 bridgehead atoms. The lowest BCUT2D eigenvalue weighted by Gasteiger charge is -1.98. The Morgan fingerprint density at radius 1 is 1.11 bits per heavy atom. The average Bonchev–Trinajstić information content (AvgIpc) is 2.84. The zero-order valence-corrected chi connectivity index (χ0v) is 11.9. The molecule has 0 fully saturated rings. The minimum atomic E-state index is 0.585. The summed E-state index contributed by atoms with van der Waals surface area (Å²) in [6.07, 6.45) is 9.00. The van der Waals surface area contributed by atoms with Crippen LogP contribution < -0.4 is 5.73 Å². The maximum Gasteiger partial charge on any atom is 0.107 e. The van der Waals surface area contributed by atoms with Crippen LogP contribution in [-0.4, -0.2) is 9.97 Å². The second kappa shape index (κ2) is 7.29. The molecule has 3 nitrogen and oxygen atoms in total. The third-order valence-electron chi connectivity index (χ3n) is 3.60. The molecular weight excluding hydrogens is 234 g/mol. The highest BCUT2D eigenvalue weighted by molar-refractivity contribution is 5.75. The number of aromatic amines is 1. The quantitative estimate of drug-likeness (QED) is 0.706. The lowest BCUT2D eigenvalue weighted by molar-refractivity contribution is 0.602. The summed E-state index contributed by atoms with van der Waals surface area (Å²) in [6.45, 7) is 2.84. The van der Waals surface area contributed by atoms with Crippen molar-refractivity contribution in [3.8, 4) is 0 Å². The van der Waals surface area contributed by atoms with Gasteiger partial charge in [-0.25, -0.2) is 4.98 Å². The predicted molar refractivity (Wildman–Crippen MR) is 81.1 cm³/mol. The standard InChI is InChI=1S/C16H25N3/c1-2-3-4-5-6-7-8-16-18-14-10-9-13(12-17)11-15(14)19-16/h9-11H,2-8,12,17H2,1H3,(H,18,19). The van der Waals surface area contributed by atoms with E-state index in [9.17, 15) is 0 Å². The molecule has 0 saturated carbocycles. The van der Waals surface area contributed by atoms with E-state index in [-0.39, 0.29) is 0 Å². The van der Waals surface area contributed by atoms with Crippen molar-refractivity contribution in [2.75, 3.05) is 0 Å². The van der Waals surface area contributed by atoms with Crippen LogP contribution in [0.3, 0.4) is 0 Å². The number of aromatic nitrogens is 2. The van der Waals surface area contributed by atoms with Gasteiger partial charge >= 0.3 is 0 Å². The number of nitrogens with zero attached hydrogens (tertiary/aromatic N) is 1. The van der Waals surface area contributed by atoms with Gasteiger partial charge in [-0.2, -0.15) is 0 Å². The highest BCUT2D eigenvalue weighted by atomic mass is 14.9. The van der Waals surface area contributed by atoms with Crippen molar-refractivity contribution in [2.45, 2.75) is 58.4 Å². The smallest absolute Gasteiger partial charge is 0.107 e. The number of rotatable bonds is 8. The van der Waals surface area contributed by atoms with E-state index in [1.54, 1.807) is 0 Å². The summed E-state index contributed by atoms with van der Waals surface area (Å²) in [5.41, 5.74) is 8.97. The first-order chi connectivity index (χ1) is 9.33. The van der Waals surface area contributed by atoms with E-state index in [0.717, 1.165) is 28.8 Å². The molecule has 0 amide bonds. The van der Waals surface area contributed by atoms with Crippen LogP contribution in [0.1, 0.15) is 56.8 Å². The van der Waals surface area contributed by atoms with Gasteiger partial charge in [0, 0.05) is 13.0 Å². The van der Waals surface area contributed by atoms with Gasteiger partial charge in [-0.1, -0.05) is 45.1 Å². The molecule has 0 atom stereocenters. The monoisotopic (exact) mass is 259 g/mol. The molecule has 1 aromatic heterocycles. The third-order valence-corrected chi connectivity index (χ3v) is 3.60. The largest absolute Gasteiger partial charge is 0.342 e. The van der Waals surface area contributed by atoms with Crippen LogP contribution in [-0.2, 0) is 13.0 Å². The predicted octanol–water partition coefficient (Wildman–Crippen LogP) is 3.92.